The third kappa shape index (κ3) is 9.84. The normalized spacial score (nSPS) is 24.0. The topological polar surface area (TPSA) is 186 Å². The highest BCUT2D eigenvalue weighted by Crippen LogP contribution is 2.12. The average molecular weight is 512 g/mol. The highest BCUT2D eigenvalue weighted by molar-refractivity contribution is 5.93. The molecule has 5 amide bonds. The minimum absolute atomic E-state index is 0.175. The molecule has 12 nitrogen and oxygen atoms in total. The van der Waals surface area contributed by atoms with E-state index in [1.54, 1.807) is 47.6 Å². The van der Waals surface area contributed by atoms with E-state index in [-0.39, 0.29) is 30.1 Å². The number of hydrogen-bond donors (Lipinski definition) is 7. The molecule has 1 heterocycles. The minimum atomic E-state index is -1.20. The van der Waals surface area contributed by atoms with Crippen LogP contribution in [0.3, 0.4) is 0 Å². The molecule has 0 saturated carbocycles. The number of carboxylic acid groups (broad SMARTS) is 1. The van der Waals surface area contributed by atoms with Gasteiger partial charge in [0.15, 0.2) is 0 Å². The lowest BCUT2D eigenvalue weighted by Crippen LogP contribution is -2.59. The first-order valence-electron chi connectivity index (χ1n) is 12.3. The Hall–Kier alpha value is -3.15. The van der Waals surface area contributed by atoms with Crippen molar-refractivity contribution in [2.24, 2.45) is 17.8 Å². The van der Waals surface area contributed by atoms with Gasteiger partial charge in [0.25, 0.3) is 0 Å². The molecule has 1 rings (SSSR count). The van der Waals surface area contributed by atoms with Crippen LogP contribution in [0.25, 0.3) is 0 Å². The van der Waals surface area contributed by atoms with Crippen LogP contribution in [0.5, 0.6) is 0 Å². The number of hydrogen-bond acceptors (Lipinski definition) is 6. The maximum Gasteiger partial charge on any atom is 0.326 e. The Morgan fingerprint density at radius 3 is 2.11 bits per heavy atom. The van der Waals surface area contributed by atoms with Gasteiger partial charge in [0, 0.05) is 6.54 Å². The lowest BCUT2D eigenvalue weighted by Gasteiger charge is -2.30. The minimum Gasteiger partial charge on any atom is -0.480 e. The fourth-order valence-corrected chi connectivity index (χ4v) is 3.69. The SMILES string of the molecule is CC(C)[C@H](NC(=O)N[C@H](C(=O)N[C@H]1/C=C/CCNC(=O)C[C@@H](O)[C@H](C(C)C)NC1=O)C(C)C)C(=O)O. The molecule has 0 aromatic rings. The van der Waals surface area contributed by atoms with Crippen LogP contribution in [-0.2, 0) is 19.2 Å². The Kier molecular flexibility index (Phi) is 12.4. The molecular weight excluding hydrogens is 470 g/mol. The molecule has 204 valence electrons. The largest absolute Gasteiger partial charge is 0.480 e. The number of carbonyl (C=O) groups excluding carboxylic acids is 4. The number of amides is 5. The zero-order valence-corrected chi connectivity index (χ0v) is 21.8. The molecule has 5 atom stereocenters. The number of carboxylic acids is 1. The first kappa shape index (κ1) is 30.9. The van der Waals surface area contributed by atoms with Crippen LogP contribution >= 0.6 is 0 Å². The number of aliphatic carboxylic acids is 1. The zero-order chi connectivity index (χ0) is 27.6. The van der Waals surface area contributed by atoms with Crippen molar-refractivity contribution in [3.05, 3.63) is 12.2 Å². The van der Waals surface area contributed by atoms with Gasteiger partial charge in [0.05, 0.1) is 18.6 Å². The van der Waals surface area contributed by atoms with Crippen molar-refractivity contribution in [2.45, 2.75) is 84.7 Å². The molecular formula is C24H41N5O7. The van der Waals surface area contributed by atoms with Crippen LogP contribution in [0, 0.1) is 17.8 Å². The Labute approximate surface area is 212 Å². The molecule has 7 N–H and O–H groups in total. The van der Waals surface area contributed by atoms with Crippen LogP contribution in [0.4, 0.5) is 4.79 Å². The highest BCUT2D eigenvalue weighted by Gasteiger charge is 2.32. The smallest absolute Gasteiger partial charge is 0.326 e. The first-order chi connectivity index (χ1) is 16.7. The summed E-state index contributed by atoms with van der Waals surface area (Å²) < 4.78 is 0. The average Bonchev–Trinajstić information content (AvgIpc) is 2.76. The van der Waals surface area contributed by atoms with Gasteiger partial charge in [-0.2, -0.15) is 0 Å². The third-order valence-corrected chi connectivity index (χ3v) is 5.83. The van der Waals surface area contributed by atoms with E-state index in [0.717, 1.165) is 0 Å². The molecule has 0 radical (unpaired) electrons. The number of carbonyl (C=O) groups is 5. The van der Waals surface area contributed by atoms with E-state index in [2.05, 4.69) is 26.6 Å². The first-order valence-corrected chi connectivity index (χ1v) is 12.3. The predicted molar refractivity (Wildman–Crippen MR) is 133 cm³/mol. The number of aliphatic hydroxyl groups is 1. The standard InChI is InChI=1S/C24H41N5O7/c1-12(2)18-16(30)11-17(31)25-10-8-7-9-15(21(32)27-18)26-22(33)19(13(3)4)28-24(36)29-20(14(5)6)23(34)35/h7,9,12-16,18-20,30H,8,10-11H2,1-6H3,(H,25,31)(H,26,33)(H,27,32)(H,34,35)(H2,28,29,36)/b9-7+/t15-,16+,18-,19-,20-/m0/s1. The monoisotopic (exact) mass is 511 g/mol. The van der Waals surface area contributed by atoms with Crippen molar-refractivity contribution in [2.75, 3.05) is 6.54 Å². The molecule has 0 spiro atoms. The third-order valence-electron chi connectivity index (χ3n) is 5.83. The van der Waals surface area contributed by atoms with Crippen molar-refractivity contribution in [3.63, 3.8) is 0 Å². The van der Waals surface area contributed by atoms with Crippen LogP contribution < -0.4 is 26.6 Å². The molecule has 0 fully saturated rings. The van der Waals surface area contributed by atoms with Crippen molar-refractivity contribution >= 4 is 29.7 Å². The van der Waals surface area contributed by atoms with Gasteiger partial charge in [0.1, 0.15) is 18.1 Å². The van der Waals surface area contributed by atoms with E-state index < -0.39 is 54.1 Å². The molecule has 36 heavy (non-hydrogen) atoms. The van der Waals surface area contributed by atoms with Gasteiger partial charge < -0.3 is 36.8 Å². The van der Waals surface area contributed by atoms with Gasteiger partial charge in [-0.3, -0.25) is 14.4 Å². The van der Waals surface area contributed by atoms with Gasteiger partial charge >= 0.3 is 12.0 Å². The quantitative estimate of drug-likeness (QED) is 0.221. The fourth-order valence-electron chi connectivity index (χ4n) is 3.69. The highest BCUT2D eigenvalue weighted by atomic mass is 16.4. The fraction of sp³-hybridized carbons (Fsp3) is 0.708. The summed E-state index contributed by atoms with van der Waals surface area (Å²) in [7, 11) is 0. The molecule has 1 aliphatic heterocycles. The number of rotatable bonds is 8. The molecule has 0 saturated heterocycles. The van der Waals surface area contributed by atoms with Crippen LogP contribution in [0.1, 0.15) is 54.4 Å². The maximum absolute atomic E-state index is 13.1. The summed E-state index contributed by atoms with van der Waals surface area (Å²) in [5.74, 6) is -3.68. The molecule has 0 aliphatic carbocycles. The molecule has 0 aromatic heterocycles. The Morgan fingerprint density at radius 2 is 1.58 bits per heavy atom. The van der Waals surface area contributed by atoms with Gasteiger partial charge in [-0.05, 0) is 24.2 Å². The lowest BCUT2D eigenvalue weighted by molar-refractivity contribution is -0.140. The number of nitrogens with one attached hydrogen (secondary N) is 5. The summed E-state index contributed by atoms with van der Waals surface area (Å²) in [5, 5.41) is 32.7. The molecule has 0 unspecified atom stereocenters. The van der Waals surface area contributed by atoms with Gasteiger partial charge in [0.2, 0.25) is 17.7 Å². The van der Waals surface area contributed by atoms with E-state index in [4.69, 9.17) is 0 Å². The van der Waals surface area contributed by atoms with Crippen LogP contribution in [-0.4, -0.2) is 76.8 Å². The Balaban J connectivity index is 3.05. The summed E-state index contributed by atoms with van der Waals surface area (Å²) in [4.78, 5) is 62.0. The molecule has 0 bridgehead atoms. The van der Waals surface area contributed by atoms with Crippen LogP contribution in [0.2, 0.25) is 0 Å². The molecule has 1 aliphatic rings. The summed E-state index contributed by atoms with van der Waals surface area (Å²) in [6.45, 7) is 10.6. The number of aliphatic hydroxyl groups excluding tert-OH is 1. The summed E-state index contributed by atoms with van der Waals surface area (Å²) >= 11 is 0. The van der Waals surface area contributed by atoms with E-state index in [1.807, 2.05) is 0 Å². The second-order valence-electron chi connectivity index (χ2n) is 10.0. The van der Waals surface area contributed by atoms with E-state index >= 15 is 0 Å². The summed E-state index contributed by atoms with van der Waals surface area (Å²) in [6.07, 6.45) is 2.24. The summed E-state index contributed by atoms with van der Waals surface area (Å²) in [6, 6.07) is -4.85. The van der Waals surface area contributed by atoms with E-state index in [1.165, 1.54) is 6.08 Å². The maximum atomic E-state index is 13.1. The van der Waals surface area contributed by atoms with E-state index in [9.17, 15) is 34.2 Å². The Bertz CT molecular complexity index is 828. The van der Waals surface area contributed by atoms with Gasteiger partial charge in [-0.15, -0.1) is 0 Å². The van der Waals surface area contributed by atoms with Gasteiger partial charge in [-0.25, -0.2) is 9.59 Å². The van der Waals surface area contributed by atoms with Crippen molar-refractivity contribution in [1.82, 2.24) is 26.6 Å². The lowest BCUT2D eigenvalue weighted by atomic mass is 9.95. The second kappa shape index (κ2) is 14.4. The van der Waals surface area contributed by atoms with E-state index in [0.29, 0.717) is 13.0 Å². The van der Waals surface area contributed by atoms with Crippen molar-refractivity contribution in [3.8, 4) is 0 Å². The molecule has 0 aromatic carbocycles. The van der Waals surface area contributed by atoms with Crippen LogP contribution in [0.15, 0.2) is 12.2 Å². The molecule has 12 heteroatoms. The predicted octanol–water partition coefficient (Wildman–Crippen LogP) is -0.128. The van der Waals surface area contributed by atoms with Gasteiger partial charge in [-0.1, -0.05) is 53.7 Å². The van der Waals surface area contributed by atoms with Crippen molar-refractivity contribution < 1.29 is 34.2 Å². The second-order valence-corrected chi connectivity index (χ2v) is 10.0. The zero-order valence-electron chi connectivity index (χ0n) is 21.8. The summed E-state index contributed by atoms with van der Waals surface area (Å²) in [5.41, 5.74) is 0. The number of urea groups is 1. The Morgan fingerprint density at radius 1 is 1.00 bits per heavy atom. The van der Waals surface area contributed by atoms with Crippen molar-refractivity contribution in [1.29, 1.82) is 0 Å².